The first-order chi connectivity index (χ1) is 8.02. The minimum absolute atomic E-state index is 0.153. The van der Waals surface area contributed by atoms with Crippen LogP contribution in [0.25, 0.3) is 0 Å². The minimum Gasteiger partial charge on any atom is -0.366 e. The highest BCUT2D eigenvalue weighted by molar-refractivity contribution is 7.84. The van der Waals surface area contributed by atoms with Gasteiger partial charge in [-0.3, -0.25) is 4.21 Å². The highest BCUT2D eigenvalue weighted by Gasteiger charge is 2.08. The number of aromatic nitrogens is 1. The van der Waals surface area contributed by atoms with E-state index in [1.807, 2.05) is 19.9 Å². The zero-order valence-electron chi connectivity index (χ0n) is 10.4. The molecule has 0 amide bonds. The fourth-order valence-corrected chi connectivity index (χ4v) is 2.09. The van der Waals surface area contributed by atoms with E-state index in [9.17, 15) is 4.21 Å². The van der Waals surface area contributed by atoms with Gasteiger partial charge in [-0.15, -0.1) is 0 Å². The summed E-state index contributed by atoms with van der Waals surface area (Å²) in [5.41, 5.74) is 1.41. The molecule has 0 aromatic carbocycles. The Kier molecular flexibility index (Phi) is 5.11. The van der Waals surface area contributed by atoms with Crippen molar-refractivity contribution in [2.45, 2.75) is 26.3 Å². The van der Waals surface area contributed by atoms with E-state index < -0.39 is 10.8 Å². The van der Waals surface area contributed by atoms with Gasteiger partial charge in [0.2, 0.25) is 0 Å². The van der Waals surface area contributed by atoms with Gasteiger partial charge in [0.05, 0.1) is 5.56 Å². The summed E-state index contributed by atoms with van der Waals surface area (Å²) in [6, 6.07) is 5.84. The second-order valence-electron chi connectivity index (χ2n) is 4.07. The summed E-state index contributed by atoms with van der Waals surface area (Å²) in [6.45, 7) is 3.89. The Morgan fingerprint density at radius 3 is 2.88 bits per heavy atom. The molecule has 1 aromatic rings. The van der Waals surface area contributed by atoms with Gasteiger partial charge in [-0.2, -0.15) is 5.26 Å². The Balaban J connectivity index is 2.70. The molecule has 0 saturated carbocycles. The van der Waals surface area contributed by atoms with Crippen molar-refractivity contribution >= 4 is 16.6 Å². The van der Waals surface area contributed by atoms with Crippen molar-refractivity contribution in [2.24, 2.45) is 0 Å². The van der Waals surface area contributed by atoms with E-state index in [-0.39, 0.29) is 6.04 Å². The van der Waals surface area contributed by atoms with Crippen LogP contribution in [0.1, 0.15) is 24.6 Å². The molecule has 92 valence electrons. The van der Waals surface area contributed by atoms with Crippen LogP contribution in [-0.4, -0.2) is 27.2 Å². The summed E-state index contributed by atoms with van der Waals surface area (Å²) in [6.07, 6.45) is 2.49. The quantitative estimate of drug-likeness (QED) is 0.867. The molecule has 2 atom stereocenters. The van der Waals surface area contributed by atoms with Gasteiger partial charge in [0.15, 0.2) is 0 Å². The van der Waals surface area contributed by atoms with Crippen LogP contribution in [0.3, 0.4) is 0 Å². The van der Waals surface area contributed by atoms with Crippen molar-refractivity contribution in [1.29, 1.82) is 5.26 Å². The van der Waals surface area contributed by atoms with Gasteiger partial charge in [0.1, 0.15) is 11.9 Å². The minimum atomic E-state index is -0.781. The average Bonchev–Trinajstić information content (AvgIpc) is 2.27. The fourth-order valence-electron chi connectivity index (χ4n) is 1.41. The first-order valence-corrected chi connectivity index (χ1v) is 7.20. The summed E-state index contributed by atoms with van der Waals surface area (Å²) in [5.74, 6) is 1.27. The summed E-state index contributed by atoms with van der Waals surface area (Å²) in [7, 11) is -0.781. The molecule has 0 spiro atoms. The zero-order valence-corrected chi connectivity index (χ0v) is 11.2. The van der Waals surface area contributed by atoms with Crippen LogP contribution in [0.5, 0.6) is 0 Å². The van der Waals surface area contributed by atoms with E-state index >= 15 is 0 Å². The summed E-state index contributed by atoms with van der Waals surface area (Å²) in [5, 5.41) is 12.2. The highest BCUT2D eigenvalue weighted by Crippen LogP contribution is 2.14. The van der Waals surface area contributed by atoms with Gasteiger partial charge in [0, 0.05) is 34.5 Å². The van der Waals surface area contributed by atoms with Crippen molar-refractivity contribution in [3.63, 3.8) is 0 Å². The van der Waals surface area contributed by atoms with Crippen LogP contribution in [0.4, 0.5) is 5.82 Å². The van der Waals surface area contributed by atoms with Crippen LogP contribution >= 0.6 is 0 Å². The topological polar surface area (TPSA) is 65.8 Å². The zero-order chi connectivity index (χ0) is 12.8. The third kappa shape index (κ3) is 4.53. The van der Waals surface area contributed by atoms with E-state index in [1.54, 1.807) is 12.3 Å². The molecule has 0 radical (unpaired) electrons. The number of nitriles is 1. The SMILES string of the molecule is Cc1ccc(C#N)c(NC(C)CCS(C)=O)n1. The smallest absolute Gasteiger partial charge is 0.144 e. The summed E-state index contributed by atoms with van der Waals surface area (Å²) in [4.78, 5) is 4.30. The Morgan fingerprint density at radius 1 is 1.59 bits per heavy atom. The molecule has 1 N–H and O–H groups in total. The van der Waals surface area contributed by atoms with Gasteiger partial charge in [-0.25, -0.2) is 4.98 Å². The molecule has 0 saturated heterocycles. The maximum absolute atomic E-state index is 11.0. The van der Waals surface area contributed by atoms with Gasteiger partial charge >= 0.3 is 0 Å². The van der Waals surface area contributed by atoms with E-state index in [0.717, 1.165) is 12.1 Å². The standard InChI is InChI=1S/C12H17N3OS/c1-9-4-5-11(8-13)12(14-9)15-10(2)6-7-17(3)16/h4-5,10H,6-7H2,1-3H3,(H,14,15). The Morgan fingerprint density at radius 2 is 2.29 bits per heavy atom. The number of aryl methyl sites for hydroxylation is 1. The van der Waals surface area contributed by atoms with Gasteiger partial charge in [-0.05, 0) is 32.4 Å². The van der Waals surface area contributed by atoms with Crippen molar-refractivity contribution in [1.82, 2.24) is 4.98 Å². The first kappa shape index (κ1) is 13.7. The predicted octanol–water partition coefficient (Wildman–Crippen LogP) is 1.83. The van der Waals surface area contributed by atoms with Crippen molar-refractivity contribution in [3.8, 4) is 6.07 Å². The lowest BCUT2D eigenvalue weighted by Gasteiger charge is -2.15. The average molecular weight is 251 g/mol. The second kappa shape index (κ2) is 6.36. The van der Waals surface area contributed by atoms with E-state index in [1.165, 1.54) is 0 Å². The highest BCUT2D eigenvalue weighted by atomic mass is 32.2. The molecule has 4 nitrogen and oxygen atoms in total. The summed E-state index contributed by atoms with van der Waals surface area (Å²) >= 11 is 0. The van der Waals surface area contributed by atoms with Gasteiger partial charge in [-0.1, -0.05) is 0 Å². The normalized spacial score (nSPS) is 13.8. The molecule has 0 bridgehead atoms. The van der Waals surface area contributed by atoms with Crippen molar-refractivity contribution in [3.05, 3.63) is 23.4 Å². The van der Waals surface area contributed by atoms with Crippen molar-refractivity contribution < 1.29 is 4.21 Å². The molecule has 0 aliphatic rings. The third-order valence-corrected chi connectivity index (χ3v) is 3.19. The van der Waals surface area contributed by atoms with E-state index in [2.05, 4.69) is 16.4 Å². The summed E-state index contributed by atoms with van der Waals surface area (Å²) < 4.78 is 11.0. The molecule has 0 fully saturated rings. The molecule has 5 heteroatoms. The number of nitrogens with zero attached hydrogens (tertiary/aromatic N) is 2. The predicted molar refractivity (Wildman–Crippen MR) is 70.3 cm³/mol. The molecule has 2 unspecified atom stereocenters. The first-order valence-electron chi connectivity index (χ1n) is 5.47. The molecule has 1 heterocycles. The van der Waals surface area contributed by atoms with E-state index in [4.69, 9.17) is 5.26 Å². The number of pyridine rings is 1. The molecule has 1 aromatic heterocycles. The molecular weight excluding hydrogens is 234 g/mol. The molecule has 0 aliphatic carbocycles. The van der Waals surface area contributed by atoms with Gasteiger partial charge < -0.3 is 5.32 Å². The molecule has 0 aliphatic heterocycles. The maximum Gasteiger partial charge on any atom is 0.144 e. The van der Waals surface area contributed by atoms with Crippen LogP contribution in [-0.2, 0) is 10.8 Å². The molecule has 1 rings (SSSR count). The third-order valence-electron chi connectivity index (χ3n) is 2.38. The van der Waals surface area contributed by atoms with Crippen LogP contribution in [0, 0.1) is 18.3 Å². The lowest BCUT2D eigenvalue weighted by molar-refractivity contribution is 0.678. The number of hydrogen-bond acceptors (Lipinski definition) is 4. The monoisotopic (exact) mass is 251 g/mol. The van der Waals surface area contributed by atoms with Crippen LogP contribution in [0.15, 0.2) is 12.1 Å². The van der Waals surface area contributed by atoms with Crippen LogP contribution in [0.2, 0.25) is 0 Å². The Bertz CT molecular complexity index is 454. The lowest BCUT2D eigenvalue weighted by Crippen LogP contribution is -2.19. The number of anilines is 1. The second-order valence-corrected chi connectivity index (χ2v) is 5.63. The van der Waals surface area contributed by atoms with E-state index in [0.29, 0.717) is 17.1 Å². The lowest BCUT2D eigenvalue weighted by atomic mass is 10.2. The molecular formula is C12H17N3OS. The largest absolute Gasteiger partial charge is 0.366 e. The fraction of sp³-hybridized carbons (Fsp3) is 0.500. The van der Waals surface area contributed by atoms with Gasteiger partial charge in [0.25, 0.3) is 0 Å². The Hall–Kier alpha value is -1.41. The number of nitrogens with one attached hydrogen (secondary N) is 1. The van der Waals surface area contributed by atoms with Crippen LogP contribution < -0.4 is 5.32 Å². The number of rotatable bonds is 5. The Labute approximate surface area is 105 Å². The van der Waals surface area contributed by atoms with Crippen molar-refractivity contribution in [2.75, 3.05) is 17.3 Å². The number of hydrogen-bond donors (Lipinski definition) is 1. The molecule has 17 heavy (non-hydrogen) atoms. The maximum atomic E-state index is 11.0.